The van der Waals surface area contributed by atoms with Crippen LogP contribution in [0.25, 0.3) is 5.52 Å². The Kier molecular flexibility index (Phi) is 3.76. The highest BCUT2D eigenvalue weighted by molar-refractivity contribution is 7.92. The summed E-state index contributed by atoms with van der Waals surface area (Å²) in [6.07, 6.45) is 3.30. The number of benzene rings is 1. The molecular weight excluding hydrogens is 345 g/mol. The van der Waals surface area contributed by atoms with Crippen LogP contribution in [0.2, 0.25) is 10.0 Å². The summed E-state index contributed by atoms with van der Waals surface area (Å²) in [5, 5.41) is 4.55. The van der Waals surface area contributed by atoms with Crippen LogP contribution < -0.4 is 4.72 Å². The lowest BCUT2D eigenvalue weighted by molar-refractivity contribution is 0.601. The predicted molar refractivity (Wildman–Crippen MR) is 87.2 cm³/mol. The second kappa shape index (κ2) is 5.46. The number of hydrogen-bond donors (Lipinski definition) is 1. The minimum Gasteiger partial charge on any atom is -0.279 e. The lowest BCUT2D eigenvalue weighted by Gasteiger charge is -2.11. The molecule has 114 valence electrons. The van der Waals surface area contributed by atoms with Crippen LogP contribution in [-0.4, -0.2) is 18.0 Å². The van der Waals surface area contributed by atoms with Crippen LogP contribution in [0.1, 0.15) is 5.56 Å². The van der Waals surface area contributed by atoms with E-state index in [0.29, 0.717) is 16.3 Å². The lowest BCUT2D eigenvalue weighted by atomic mass is 10.2. The highest BCUT2D eigenvalue weighted by Crippen LogP contribution is 2.29. The number of nitrogens with one attached hydrogen (secondary N) is 1. The van der Waals surface area contributed by atoms with E-state index in [-0.39, 0.29) is 9.92 Å². The van der Waals surface area contributed by atoms with E-state index >= 15 is 0 Å². The Morgan fingerprint density at radius 2 is 1.91 bits per heavy atom. The van der Waals surface area contributed by atoms with Crippen molar-refractivity contribution >= 4 is 44.4 Å². The molecule has 0 fully saturated rings. The third-order valence-corrected chi connectivity index (χ3v) is 5.41. The van der Waals surface area contributed by atoms with Gasteiger partial charge in [0.25, 0.3) is 10.0 Å². The molecule has 0 atom stereocenters. The van der Waals surface area contributed by atoms with E-state index in [4.69, 9.17) is 23.2 Å². The van der Waals surface area contributed by atoms with Crippen molar-refractivity contribution in [2.24, 2.45) is 0 Å². The van der Waals surface area contributed by atoms with E-state index in [1.54, 1.807) is 42.0 Å². The van der Waals surface area contributed by atoms with Crippen molar-refractivity contribution < 1.29 is 8.42 Å². The van der Waals surface area contributed by atoms with E-state index < -0.39 is 10.0 Å². The van der Waals surface area contributed by atoms with E-state index in [9.17, 15) is 8.42 Å². The number of nitrogens with zero attached hydrogens (tertiary/aromatic N) is 2. The number of anilines is 1. The van der Waals surface area contributed by atoms with Crippen molar-refractivity contribution in [2.75, 3.05) is 4.72 Å². The molecule has 0 aliphatic heterocycles. The molecule has 8 heteroatoms. The van der Waals surface area contributed by atoms with Gasteiger partial charge in [0.15, 0.2) is 0 Å². The van der Waals surface area contributed by atoms with Crippen LogP contribution in [0, 0.1) is 6.92 Å². The van der Waals surface area contributed by atoms with Crippen molar-refractivity contribution in [2.45, 2.75) is 11.8 Å². The molecule has 0 saturated carbocycles. The van der Waals surface area contributed by atoms with Gasteiger partial charge in [0.05, 0.1) is 16.2 Å². The van der Waals surface area contributed by atoms with Crippen molar-refractivity contribution in [1.29, 1.82) is 0 Å². The molecule has 2 aromatic heterocycles. The number of hydrogen-bond acceptors (Lipinski definition) is 3. The second-order valence-corrected chi connectivity index (χ2v) is 7.22. The Labute approximate surface area is 137 Å². The predicted octanol–water partition coefficient (Wildman–Crippen LogP) is 3.75. The van der Waals surface area contributed by atoms with Gasteiger partial charge in [0.2, 0.25) is 0 Å². The first-order chi connectivity index (χ1) is 10.4. The van der Waals surface area contributed by atoms with E-state index in [1.807, 2.05) is 0 Å². The van der Waals surface area contributed by atoms with Crippen LogP contribution in [0.3, 0.4) is 0 Å². The fraction of sp³-hybridized carbons (Fsp3) is 0.0714. The maximum absolute atomic E-state index is 12.5. The molecule has 5 nitrogen and oxygen atoms in total. The van der Waals surface area contributed by atoms with Gasteiger partial charge in [-0.1, -0.05) is 23.2 Å². The summed E-state index contributed by atoms with van der Waals surface area (Å²) in [4.78, 5) is -0.00977. The molecule has 0 radical (unpaired) electrons. The Morgan fingerprint density at radius 1 is 1.14 bits per heavy atom. The van der Waals surface area contributed by atoms with Crippen LogP contribution in [0.15, 0.2) is 47.6 Å². The molecule has 3 rings (SSSR count). The van der Waals surface area contributed by atoms with Gasteiger partial charge in [-0.05, 0) is 42.8 Å². The summed E-state index contributed by atoms with van der Waals surface area (Å²) in [6, 6.07) is 7.95. The first-order valence-electron chi connectivity index (χ1n) is 6.29. The molecule has 1 aromatic carbocycles. The minimum atomic E-state index is -3.81. The van der Waals surface area contributed by atoms with Crippen molar-refractivity contribution in [3.63, 3.8) is 0 Å². The topological polar surface area (TPSA) is 63.5 Å². The summed E-state index contributed by atoms with van der Waals surface area (Å²) in [7, 11) is -3.81. The number of halogens is 2. The average molecular weight is 356 g/mol. The molecular formula is C14H11Cl2N3O2S. The molecule has 0 aliphatic carbocycles. The summed E-state index contributed by atoms with van der Waals surface area (Å²) < 4.78 is 29.1. The Hall–Kier alpha value is -1.76. The van der Waals surface area contributed by atoms with E-state index in [0.717, 1.165) is 5.52 Å². The van der Waals surface area contributed by atoms with Gasteiger partial charge < -0.3 is 0 Å². The molecule has 0 unspecified atom stereocenters. The fourth-order valence-electron chi connectivity index (χ4n) is 2.03. The van der Waals surface area contributed by atoms with Crippen LogP contribution in [0.4, 0.5) is 5.69 Å². The zero-order valence-electron chi connectivity index (χ0n) is 11.4. The van der Waals surface area contributed by atoms with Gasteiger partial charge >= 0.3 is 0 Å². The van der Waals surface area contributed by atoms with Crippen LogP contribution >= 0.6 is 23.2 Å². The molecule has 0 saturated heterocycles. The summed E-state index contributed by atoms with van der Waals surface area (Å²) in [6.45, 7) is 1.72. The van der Waals surface area contributed by atoms with E-state index in [2.05, 4.69) is 9.82 Å². The number of fused-ring (bicyclic) bond motifs is 1. The van der Waals surface area contributed by atoms with Gasteiger partial charge in [-0.2, -0.15) is 5.10 Å². The minimum absolute atomic E-state index is 0.00977. The Morgan fingerprint density at radius 3 is 2.68 bits per heavy atom. The molecule has 1 N–H and O–H groups in total. The summed E-state index contributed by atoms with van der Waals surface area (Å²) >= 11 is 12.0. The third kappa shape index (κ3) is 2.77. The first kappa shape index (κ1) is 15.1. The normalized spacial score (nSPS) is 11.8. The highest BCUT2D eigenvalue weighted by atomic mass is 35.5. The zero-order valence-corrected chi connectivity index (χ0v) is 13.7. The van der Waals surface area contributed by atoms with Gasteiger partial charge in [-0.3, -0.25) is 4.72 Å². The molecule has 0 amide bonds. The quantitative estimate of drug-likeness (QED) is 0.777. The number of pyridine rings is 1. The molecule has 0 aliphatic rings. The lowest BCUT2D eigenvalue weighted by Crippen LogP contribution is -2.14. The number of aryl methyl sites for hydroxylation is 1. The Balaban J connectivity index is 2.01. The SMILES string of the molecule is Cc1cc(S(=O)(=O)Nc2ccn3nccc3c2)c(Cl)cc1Cl. The molecule has 0 bridgehead atoms. The summed E-state index contributed by atoms with van der Waals surface area (Å²) in [5.41, 5.74) is 1.84. The van der Waals surface area contributed by atoms with Crippen LogP contribution in [-0.2, 0) is 10.0 Å². The standard InChI is InChI=1S/C14H11Cl2N3O2S/c1-9-6-14(13(16)8-12(9)15)22(20,21)18-10-3-5-19-11(7-10)2-4-17-19/h2-8,18H,1H3. The monoisotopic (exact) mass is 355 g/mol. The van der Waals surface area contributed by atoms with Gasteiger partial charge in [0.1, 0.15) is 4.90 Å². The average Bonchev–Trinajstić information content (AvgIpc) is 2.89. The smallest absolute Gasteiger partial charge is 0.263 e. The second-order valence-electron chi connectivity index (χ2n) is 4.75. The maximum atomic E-state index is 12.5. The fourth-order valence-corrected chi connectivity index (χ4v) is 3.91. The van der Waals surface area contributed by atoms with Gasteiger partial charge in [-0.25, -0.2) is 12.9 Å². The number of sulfonamides is 1. The van der Waals surface area contributed by atoms with Crippen molar-refractivity contribution in [1.82, 2.24) is 9.61 Å². The molecule has 0 spiro atoms. The van der Waals surface area contributed by atoms with Gasteiger partial charge in [-0.15, -0.1) is 0 Å². The third-order valence-electron chi connectivity index (χ3n) is 3.15. The van der Waals surface area contributed by atoms with Crippen LogP contribution in [0.5, 0.6) is 0 Å². The maximum Gasteiger partial charge on any atom is 0.263 e. The van der Waals surface area contributed by atoms with Crippen molar-refractivity contribution in [3.8, 4) is 0 Å². The number of rotatable bonds is 3. The first-order valence-corrected chi connectivity index (χ1v) is 8.52. The van der Waals surface area contributed by atoms with Crippen molar-refractivity contribution in [3.05, 3.63) is 58.3 Å². The highest BCUT2D eigenvalue weighted by Gasteiger charge is 2.19. The Bertz CT molecular complexity index is 967. The molecule has 2 heterocycles. The molecule has 22 heavy (non-hydrogen) atoms. The largest absolute Gasteiger partial charge is 0.279 e. The van der Waals surface area contributed by atoms with Gasteiger partial charge in [0, 0.05) is 17.4 Å². The van der Waals surface area contributed by atoms with E-state index in [1.165, 1.54) is 12.1 Å². The number of aromatic nitrogens is 2. The zero-order chi connectivity index (χ0) is 15.9. The molecule has 3 aromatic rings. The summed E-state index contributed by atoms with van der Waals surface area (Å²) in [5.74, 6) is 0.